The molecule has 0 aliphatic heterocycles. The summed E-state index contributed by atoms with van der Waals surface area (Å²) in [7, 11) is -15.0. The fraction of sp³-hybridized carbons (Fsp3) is 0.536. The second-order valence-corrected chi connectivity index (χ2v) is 17.5. The SMILES string of the molecule is CC(C)(C)OP(=O)(OCCCNc1c2cc([N+](=O)[O-])ccc2nc2ccc(S(=O)(=O)N(CCO[P+](=O)[O-])CCO[P+](=O)[O-])cc12)OC(C)(C)C. The van der Waals surface area contributed by atoms with Crippen LogP contribution in [0.1, 0.15) is 48.0 Å². The molecule has 2 unspecified atom stereocenters. The van der Waals surface area contributed by atoms with Crippen molar-refractivity contribution in [2.75, 3.05) is 44.8 Å². The molecule has 1 aromatic heterocycles. The molecule has 0 saturated carbocycles. The lowest BCUT2D eigenvalue weighted by Crippen LogP contribution is -2.36. The van der Waals surface area contributed by atoms with Crippen LogP contribution in [0.25, 0.3) is 21.8 Å². The molecule has 0 amide bonds. The number of aromatic nitrogens is 1. The zero-order valence-electron chi connectivity index (χ0n) is 28.2. The van der Waals surface area contributed by atoms with Crippen LogP contribution < -0.4 is 15.1 Å². The number of nitrogens with one attached hydrogen (secondary N) is 1. The molecular formula is C28H39N4O14P3S. The van der Waals surface area contributed by atoms with Gasteiger partial charge in [0.15, 0.2) is 0 Å². The van der Waals surface area contributed by atoms with Crippen LogP contribution in [0.4, 0.5) is 11.4 Å². The number of sulfonamides is 1. The number of phosphoric acid groups is 1. The third-order valence-electron chi connectivity index (χ3n) is 6.29. The summed E-state index contributed by atoms with van der Waals surface area (Å²) in [5.41, 5.74) is -0.935. The van der Waals surface area contributed by atoms with E-state index in [4.69, 9.17) is 13.6 Å². The molecule has 18 nitrogen and oxygen atoms in total. The number of nitro benzene ring substituents is 1. The number of rotatable bonds is 19. The van der Waals surface area contributed by atoms with Gasteiger partial charge in [-0.1, -0.05) is 0 Å². The van der Waals surface area contributed by atoms with Gasteiger partial charge in [-0.25, -0.2) is 18.0 Å². The number of anilines is 1. The molecule has 0 spiro atoms. The Balaban J connectivity index is 2.00. The first kappa shape index (κ1) is 41.8. The molecule has 50 heavy (non-hydrogen) atoms. The van der Waals surface area contributed by atoms with Gasteiger partial charge in [-0.3, -0.25) is 23.7 Å². The van der Waals surface area contributed by atoms with Gasteiger partial charge < -0.3 is 15.1 Å². The van der Waals surface area contributed by atoms with Crippen LogP contribution in [-0.2, 0) is 46.3 Å². The Bertz CT molecular complexity index is 1840. The fourth-order valence-electron chi connectivity index (χ4n) is 4.51. The minimum Gasteiger partial charge on any atom is -0.566 e. The van der Waals surface area contributed by atoms with Gasteiger partial charge in [-0.15, -0.1) is 9.05 Å². The first-order valence-corrected chi connectivity index (χ1v) is 20.2. The predicted molar refractivity (Wildman–Crippen MR) is 180 cm³/mol. The molecule has 22 heteroatoms. The highest BCUT2D eigenvalue weighted by Crippen LogP contribution is 2.55. The van der Waals surface area contributed by atoms with Crippen LogP contribution in [-0.4, -0.2) is 73.3 Å². The zero-order valence-corrected chi connectivity index (χ0v) is 31.7. The molecule has 0 fully saturated rings. The second kappa shape index (κ2) is 17.3. The molecule has 0 radical (unpaired) electrons. The molecule has 2 atom stereocenters. The number of non-ortho nitro benzene ring substituents is 1. The number of hydrogen-bond acceptors (Lipinski definition) is 16. The van der Waals surface area contributed by atoms with E-state index in [1.54, 1.807) is 41.5 Å². The highest BCUT2D eigenvalue weighted by Gasteiger charge is 2.37. The smallest absolute Gasteiger partial charge is 0.488 e. The van der Waals surface area contributed by atoms with E-state index in [0.29, 0.717) is 22.1 Å². The highest BCUT2D eigenvalue weighted by molar-refractivity contribution is 7.89. The van der Waals surface area contributed by atoms with Gasteiger partial charge in [0.2, 0.25) is 10.0 Å². The summed E-state index contributed by atoms with van der Waals surface area (Å²) < 4.78 is 89.4. The van der Waals surface area contributed by atoms with Gasteiger partial charge in [-0.2, -0.15) is 4.31 Å². The van der Waals surface area contributed by atoms with Crippen LogP contribution in [0.2, 0.25) is 0 Å². The summed E-state index contributed by atoms with van der Waals surface area (Å²) in [6, 6.07) is 8.01. The van der Waals surface area contributed by atoms with E-state index in [2.05, 4.69) is 19.3 Å². The summed E-state index contributed by atoms with van der Waals surface area (Å²) in [6.45, 7) is 8.27. The van der Waals surface area contributed by atoms with Crippen molar-refractivity contribution in [1.29, 1.82) is 0 Å². The van der Waals surface area contributed by atoms with E-state index in [1.807, 2.05) is 0 Å². The normalized spacial score (nSPS) is 13.6. The van der Waals surface area contributed by atoms with E-state index in [1.165, 1.54) is 36.4 Å². The first-order chi connectivity index (χ1) is 23.1. The Morgan fingerprint density at radius 2 is 1.40 bits per heavy atom. The number of hydrogen-bond donors (Lipinski definition) is 1. The van der Waals surface area contributed by atoms with Crippen LogP contribution in [0, 0.1) is 10.1 Å². The summed E-state index contributed by atoms with van der Waals surface area (Å²) >= 11 is 0. The molecule has 2 aromatic carbocycles. The summed E-state index contributed by atoms with van der Waals surface area (Å²) in [6.07, 6.45) is 0.237. The maximum absolute atomic E-state index is 13.8. The van der Waals surface area contributed by atoms with Gasteiger partial charge in [0.05, 0.1) is 44.3 Å². The van der Waals surface area contributed by atoms with Crippen molar-refractivity contribution in [2.45, 2.75) is 64.1 Å². The van der Waals surface area contributed by atoms with Gasteiger partial charge in [-0.05, 0) is 81.4 Å². The molecule has 1 N–H and O–H groups in total. The number of benzene rings is 2. The fourth-order valence-corrected chi connectivity index (χ4v) is 8.25. The van der Waals surface area contributed by atoms with E-state index < -0.39 is 76.8 Å². The van der Waals surface area contributed by atoms with E-state index in [9.17, 15) is 42.0 Å². The van der Waals surface area contributed by atoms with Gasteiger partial charge >= 0.3 is 24.3 Å². The number of nitro groups is 1. The van der Waals surface area contributed by atoms with E-state index in [0.717, 1.165) is 4.31 Å². The van der Waals surface area contributed by atoms with Crippen LogP contribution in [0.5, 0.6) is 0 Å². The maximum atomic E-state index is 13.8. The zero-order chi connectivity index (χ0) is 37.5. The summed E-state index contributed by atoms with van der Waals surface area (Å²) in [5, 5.41) is 15.4. The maximum Gasteiger partial charge on any atom is 0.488 e. The predicted octanol–water partition coefficient (Wildman–Crippen LogP) is 4.91. The summed E-state index contributed by atoms with van der Waals surface area (Å²) in [4.78, 5) is 37.1. The lowest BCUT2D eigenvalue weighted by atomic mass is 10.1. The number of nitrogens with zero attached hydrogens (tertiary/aromatic N) is 3. The van der Waals surface area contributed by atoms with E-state index >= 15 is 0 Å². The van der Waals surface area contributed by atoms with Crippen LogP contribution >= 0.6 is 24.3 Å². The van der Waals surface area contributed by atoms with Crippen LogP contribution in [0.3, 0.4) is 0 Å². The molecule has 3 aromatic rings. The Labute approximate surface area is 291 Å². The average molecular weight is 781 g/mol. The quantitative estimate of drug-likeness (QED) is 0.0558. The largest absolute Gasteiger partial charge is 0.566 e. The Kier molecular flexibility index (Phi) is 14.4. The number of pyridine rings is 1. The van der Waals surface area contributed by atoms with Crippen molar-refractivity contribution >= 4 is 67.5 Å². The molecule has 3 rings (SSSR count). The lowest BCUT2D eigenvalue weighted by Gasteiger charge is -2.30. The number of phosphoric ester groups is 1. The molecule has 0 saturated heterocycles. The Morgan fingerprint density at radius 1 is 0.880 bits per heavy atom. The topological polar surface area (TPSA) is 249 Å². The van der Waals surface area contributed by atoms with Crippen molar-refractivity contribution < 1.29 is 59.4 Å². The third-order valence-corrected chi connectivity index (χ3v) is 11.0. The first-order valence-electron chi connectivity index (χ1n) is 15.1. The van der Waals surface area contributed by atoms with Gasteiger partial charge in [0.25, 0.3) is 5.69 Å². The highest BCUT2D eigenvalue weighted by atomic mass is 32.2. The third kappa shape index (κ3) is 12.5. The van der Waals surface area contributed by atoms with Crippen molar-refractivity contribution in [3.05, 3.63) is 46.5 Å². The average Bonchev–Trinajstić information content (AvgIpc) is 2.96. The molecule has 0 bridgehead atoms. The van der Waals surface area contributed by atoms with Crippen molar-refractivity contribution in [2.24, 2.45) is 0 Å². The minimum atomic E-state index is -4.42. The molecule has 276 valence electrons. The van der Waals surface area contributed by atoms with Crippen molar-refractivity contribution in [3.63, 3.8) is 0 Å². The number of fused-ring (bicyclic) bond motifs is 2. The Hall–Kier alpha value is -2.63. The van der Waals surface area contributed by atoms with Crippen LogP contribution in [0.15, 0.2) is 41.3 Å². The van der Waals surface area contributed by atoms with Gasteiger partial charge in [0, 0.05) is 42.5 Å². The molecular weight excluding hydrogens is 741 g/mol. The second-order valence-electron chi connectivity index (χ2n) is 12.6. The van der Waals surface area contributed by atoms with Crippen molar-refractivity contribution in [3.8, 4) is 0 Å². The van der Waals surface area contributed by atoms with E-state index in [-0.39, 0.29) is 35.5 Å². The standard InChI is InChI=1S/C28H39N4O14P3S/c1-27(2,3)45-49(39,46-28(4,5)6)44-15-7-12-29-26-22-18-20(32(33)34)8-10-24(22)30-25-11-9-21(19-23(25)26)50(40,41)31(13-16-42-47(35)36)14-17-43-48(37)38/h8-11,18-19H,7,12-17H2,1-6H3,(H,29,30). The molecule has 1 heterocycles. The lowest BCUT2D eigenvalue weighted by molar-refractivity contribution is -0.384. The Morgan fingerprint density at radius 3 is 1.90 bits per heavy atom. The summed E-state index contributed by atoms with van der Waals surface area (Å²) in [5.74, 6) is 0. The molecule has 0 aliphatic rings. The molecule has 0 aliphatic carbocycles. The van der Waals surface area contributed by atoms with Crippen molar-refractivity contribution in [1.82, 2.24) is 9.29 Å². The monoisotopic (exact) mass is 780 g/mol. The van der Waals surface area contributed by atoms with Gasteiger partial charge in [0.1, 0.15) is 13.2 Å². The minimum absolute atomic E-state index is 0.0832.